The second kappa shape index (κ2) is 7.83. The number of rotatable bonds is 9. The Kier molecular flexibility index (Phi) is 6.41. The van der Waals surface area contributed by atoms with Gasteiger partial charge in [-0.2, -0.15) is 0 Å². The van der Waals surface area contributed by atoms with Gasteiger partial charge in [-0.1, -0.05) is 0 Å². The molecule has 7 heteroatoms. The number of hydrogen-bond donors (Lipinski definition) is 0. The lowest BCUT2D eigenvalue weighted by Gasteiger charge is -2.35. The molecule has 0 N–H and O–H groups in total. The lowest BCUT2D eigenvalue weighted by Crippen LogP contribution is -2.48. The zero-order chi connectivity index (χ0) is 14.1. The summed E-state index contributed by atoms with van der Waals surface area (Å²) in [6, 6.07) is 0. The summed E-state index contributed by atoms with van der Waals surface area (Å²) in [5.41, 5.74) is 0. The van der Waals surface area contributed by atoms with Crippen molar-refractivity contribution in [3.05, 3.63) is 6.33 Å². The van der Waals surface area contributed by atoms with Crippen molar-refractivity contribution in [2.24, 2.45) is 0 Å². The Labute approximate surface area is 114 Å². The average Bonchev–Trinajstić information content (AvgIpc) is 2.94. The summed E-state index contributed by atoms with van der Waals surface area (Å²) in [6.45, 7) is 11.3. The molecule has 0 atom stereocenters. The molecule has 0 aliphatic carbocycles. The highest BCUT2D eigenvalue weighted by Gasteiger charge is 2.22. The predicted molar refractivity (Wildman–Crippen MR) is 70.1 cm³/mol. The van der Waals surface area contributed by atoms with Crippen LogP contribution in [-0.4, -0.2) is 63.4 Å². The monoisotopic (exact) mass is 270 g/mol. The van der Waals surface area contributed by atoms with Gasteiger partial charge in [0.2, 0.25) is 0 Å². The summed E-state index contributed by atoms with van der Waals surface area (Å²) in [7, 11) is 0. The van der Waals surface area contributed by atoms with Crippen molar-refractivity contribution in [1.29, 1.82) is 0 Å². The SMILES string of the molecule is CC[N+](CC)(CC)CCC(=O)OCCn1cnnn1. The number of nitrogens with zero attached hydrogens (tertiary/aromatic N) is 5. The number of carbonyl (C=O) groups is 1. The van der Waals surface area contributed by atoms with E-state index in [2.05, 4.69) is 36.3 Å². The van der Waals surface area contributed by atoms with E-state index in [1.165, 1.54) is 11.0 Å². The van der Waals surface area contributed by atoms with Crippen LogP contribution >= 0.6 is 0 Å². The highest BCUT2D eigenvalue weighted by atomic mass is 16.5. The van der Waals surface area contributed by atoms with E-state index in [0.29, 0.717) is 19.6 Å². The number of tetrazole rings is 1. The van der Waals surface area contributed by atoms with Crippen LogP contribution in [0.2, 0.25) is 0 Å². The Bertz CT molecular complexity index is 354. The van der Waals surface area contributed by atoms with Crippen molar-refractivity contribution in [3.8, 4) is 0 Å². The minimum absolute atomic E-state index is 0.147. The Morgan fingerprint density at radius 1 is 1.26 bits per heavy atom. The van der Waals surface area contributed by atoms with Crippen LogP contribution in [0.5, 0.6) is 0 Å². The van der Waals surface area contributed by atoms with Crippen molar-refractivity contribution in [3.63, 3.8) is 0 Å². The summed E-state index contributed by atoms with van der Waals surface area (Å²) in [6.07, 6.45) is 1.96. The van der Waals surface area contributed by atoms with E-state index >= 15 is 0 Å². The zero-order valence-electron chi connectivity index (χ0n) is 12.1. The van der Waals surface area contributed by atoms with Crippen LogP contribution in [-0.2, 0) is 16.1 Å². The standard InChI is InChI=1S/C12H24N5O2/c1-4-17(5-2,6-3)9-7-12(18)19-10-8-16-11-13-14-15-16/h11H,4-10H2,1-3H3/q+1. The van der Waals surface area contributed by atoms with Gasteiger partial charge >= 0.3 is 5.97 Å². The minimum Gasteiger partial charge on any atom is -0.464 e. The van der Waals surface area contributed by atoms with E-state index in [0.717, 1.165) is 30.7 Å². The molecule has 1 aromatic rings. The number of hydrogen-bond acceptors (Lipinski definition) is 5. The van der Waals surface area contributed by atoms with Gasteiger partial charge in [-0.15, -0.1) is 5.10 Å². The van der Waals surface area contributed by atoms with Crippen LogP contribution in [0.1, 0.15) is 27.2 Å². The zero-order valence-corrected chi connectivity index (χ0v) is 12.1. The Morgan fingerprint density at radius 2 is 1.95 bits per heavy atom. The van der Waals surface area contributed by atoms with Crippen molar-refractivity contribution in [2.75, 3.05) is 32.8 Å². The molecule has 0 fully saturated rings. The van der Waals surface area contributed by atoms with E-state index in [9.17, 15) is 4.79 Å². The van der Waals surface area contributed by atoms with E-state index in [4.69, 9.17) is 4.74 Å². The smallest absolute Gasteiger partial charge is 0.311 e. The van der Waals surface area contributed by atoms with Gasteiger partial charge in [-0.05, 0) is 31.2 Å². The van der Waals surface area contributed by atoms with Gasteiger partial charge in [0.25, 0.3) is 0 Å². The first-order chi connectivity index (χ1) is 9.15. The molecule has 0 amide bonds. The topological polar surface area (TPSA) is 69.9 Å². The molecule has 0 aromatic carbocycles. The van der Waals surface area contributed by atoms with Gasteiger partial charge in [-0.3, -0.25) is 4.79 Å². The maximum absolute atomic E-state index is 11.7. The summed E-state index contributed by atoms with van der Waals surface area (Å²) >= 11 is 0. The molecule has 1 aromatic heterocycles. The molecule has 0 radical (unpaired) electrons. The van der Waals surface area contributed by atoms with E-state index in [1.54, 1.807) is 0 Å². The predicted octanol–water partition coefficient (Wildman–Crippen LogP) is 0.483. The number of esters is 1. The Balaban J connectivity index is 2.23. The van der Waals surface area contributed by atoms with Crippen molar-refractivity contribution in [2.45, 2.75) is 33.7 Å². The first kappa shape index (κ1) is 15.6. The number of aromatic nitrogens is 4. The van der Waals surface area contributed by atoms with Crippen molar-refractivity contribution >= 4 is 5.97 Å². The highest BCUT2D eigenvalue weighted by molar-refractivity contribution is 5.69. The third kappa shape index (κ3) is 4.94. The maximum Gasteiger partial charge on any atom is 0.311 e. The quantitative estimate of drug-likeness (QED) is 0.482. The summed E-state index contributed by atoms with van der Waals surface area (Å²) < 4.78 is 7.68. The Morgan fingerprint density at radius 3 is 2.47 bits per heavy atom. The Hall–Kier alpha value is -1.50. The molecular formula is C12H24N5O2+. The molecular weight excluding hydrogens is 246 g/mol. The van der Waals surface area contributed by atoms with Crippen molar-refractivity contribution < 1.29 is 14.0 Å². The second-order valence-electron chi connectivity index (χ2n) is 4.56. The van der Waals surface area contributed by atoms with E-state index < -0.39 is 0 Å². The van der Waals surface area contributed by atoms with Gasteiger partial charge in [0.1, 0.15) is 12.9 Å². The lowest BCUT2D eigenvalue weighted by atomic mass is 10.3. The normalized spacial score (nSPS) is 11.5. The highest BCUT2D eigenvalue weighted by Crippen LogP contribution is 2.07. The van der Waals surface area contributed by atoms with Crippen LogP contribution in [0.4, 0.5) is 0 Å². The van der Waals surface area contributed by atoms with E-state index in [-0.39, 0.29) is 5.97 Å². The van der Waals surface area contributed by atoms with Crippen molar-refractivity contribution in [1.82, 2.24) is 20.2 Å². The molecule has 0 aliphatic rings. The number of carbonyl (C=O) groups excluding carboxylic acids is 1. The first-order valence-corrected chi connectivity index (χ1v) is 6.87. The van der Waals surface area contributed by atoms with Gasteiger partial charge < -0.3 is 9.22 Å². The lowest BCUT2D eigenvalue weighted by molar-refractivity contribution is -0.922. The summed E-state index contributed by atoms with van der Waals surface area (Å²) in [4.78, 5) is 11.7. The van der Waals surface area contributed by atoms with Crippen LogP contribution in [0.15, 0.2) is 6.33 Å². The molecule has 0 unspecified atom stereocenters. The fourth-order valence-electron chi connectivity index (χ4n) is 2.08. The van der Waals surface area contributed by atoms with Gasteiger partial charge in [0, 0.05) is 0 Å². The van der Waals surface area contributed by atoms with Gasteiger partial charge in [-0.25, -0.2) is 4.68 Å². The molecule has 7 nitrogen and oxygen atoms in total. The molecule has 0 saturated heterocycles. The minimum atomic E-state index is -0.147. The fraction of sp³-hybridized carbons (Fsp3) is 0.833. The molecule has 0 spiro atoms. The molecule has 0 bridgehead atoms. The molecule has 1 heterocycles. The van der Waals surface area contributed by atoms with Crippen LogP contribution < -0.4 is 0 Å². The van der Waals surface area contributed by atoms with Crippen LogP contribution in [0, 0.1) is 0 Å². The first-order valence-electron chi connectivity index (χ1n) is 6.87. The molecule has 1 rings (SSSR count). The largest absolute Gasteiger partial charge is 0.464 e. The molecule has 108 valence electrons. The third-order valence-corrected chi connectivity index (χ3v) is 3.78. The summed E-state index contributed by atoms with van der Waals surface area (Å²) in [5, 5.41) is 10.7. The number of ether oxygens (including phenoxy) is 1. The molecule has 19 heavy (non-hydrogen) atoms. The molecule has 0 saturated carbocycles. The maximum atomic E-state index is 11.7. The van der Waals surface area contributed by atoms with Crippen LogP contribution in [0.25, 0.3) is 0 Å². The second-order valence-corrected chi connectivity index (χ2v) is 4.56. The van der Waals surface area contributed by atoms with Gasteiger partial charge in [0.05, 0.1) is 39.1 Å². The fourth-order valence-corrected chi connectivity index (χ4v) is 2.08. The molecule has 0 aliphatic heterocycles. The summed E-state index contributed by atoms with van der Waals surface area (Å²) in [5.74, 6) is -0.147. The average molecular weight is 270 g/mol. The van der Waals surface area contributed by atoms with E-state index in [1.807, 2.05) is 0 Å². The van der Waals surface area contributed by atoms with Crippen LogP contribution in [0.3, 0.4) is 0 Å². The third-order valence-electron chi connectivity index (χ3n) is 3.78. The number of quaternary nitrogens is 1. The van der Waals surface area contributed by atoms with Gasteiger partial charge in [0.15, 0.2) is 0 Å².